The molecule has 2 aromatic heterocycles. The quantitative estimate of drug-likeness (QED) is 0.433. The summed E-state index contributed by atoms with van der Waals surface area (Å²) in [6.07, 6.45) is -3.14. The van der Waals surface area contributed by atoms with Gasteiger partial charge in [0.15, 0.2) is 0 Å². The molecule has 142 valence electrons. The molecule has 0 N–H and O–H groups in total. The molecule has 4 aromatic rings. The van der Waals surface area contributed by atoms with E-state index >= 15 is 0 Å². The van der Waals surface area contributed by atoms with Gasteiger partial charge >= 0.3 is 6.18 Å². The van der Waals surface area contributed by atoms with Crippen LogP contribution in [0.5, 0.6) is 0 Å². The summed E-state index contributed by atoms with van der Waals surface area (Å²) < 4.78 is 53.8. The van der Waals surface area contributed by atoms with Crippen molar-refractivity contribution in [3.63, 3.8) is 0 Å². The van der Waals surface area contributed by atoms with Crippen LogP contribution in [0, 0.1) is 5.82 Å². The molecule has 0 aliphatic heterocycles. The lowest BCUT2D eigenvalue weighted by Gasteiger charge is -2.10. The summed E-state index contributed by atoms with van der Waals surface area (Å²) in [7, 11) is 0. The summed E-state index contributed by atoms with van der Waals surface area (Å²) in [6, 6.07) is 10.8. The minimum Gasteiger partial charge on any atom is -0.294 e. The first-order valence-electron chi connectivity index (χ1n) is 8.21. The van der Waals surface area contributed by atoms with Crippen LogP contribution in [0.2, 0.25) is 0 Å². The van der Waals surface area contributed by atoms with Gasteiger partial charge in [0.25, 0.3) is 5.56 Å². The van der Waals surface area contributed by atoms with Crippen molar-refractivity contribution in [2.45, 2.75) is 12.7 Å². The number of alkyl halides is 3. The predicted molar refractivity (Wildman–Crippen MR) is 99.8 cm³/mol. The predicted octanol–water partition coefficient (Wildman–Crippen LogP) is 5.33. The number of nitrogens with zero attached hydrogens (tertiary/aromatic N) is 2. The summed E-state index contributed by atoms with van der Waals surface area (Å²) in [4.78, 5) is 17.1. The van der Waals surface area contributed by atoms with Crippen molar-refractivity contribution in [3.05, 3.63) is 87.5 Å². The number of rotatable bonds is 3. The van der Waals surface area contributed by atoms with Gasteiger partial charge in [-0.25, -0.2) is 9.37 Å². The maximum absolute atomic E-state index is 13.5. The van der Waals surface area contributed by atoms with Gasteiger partial charge in [-0.15, -0.1) is 11.3 Å². The maximum Gasteiger partial charge on any atom is 0.416 e. The Labute approximate surface area is 160 Å². The summed E-state index contributed by atoms with van der Waals surface area (Å²) >= 11 is 1.18. The van der Waals surface area contributed by atoms with Crippen LogP contribution in [-0.2, 0) is 12.7 Å². The summed E-state index contributed by atoms with van der Waals surface area (Å²) in [5.41, 5.74) is 0.920. The second-order valence-corrected chi connectivity index (χ2v) is 7.09. The van der Waals surface area contributed by atoms with E-state index in [0.29, 0.717) is 26.9 Å². The van der Waals surface area contributed by atoms with Crippen molar-refractivity contribution in [3.8, 4) is 11.1 Å². The molecule has 0 bridgehead atoms. The van der Waals surface area contributed by atoms with E-state index in [1.165, 1.54) is 46.5 Å². The highest BCUT2D eigenvalue weighted by atomic mass is 32.1. The molecule has 0 aliphatic carbocycles. The second kappa shape index (κ2) is 6.87. The molecule has 0 fully saturated rings. The molecular formula is C20H12F4N2OS. The fourth-order valence-corrected chi connectivity index (χ4v) is 3.93. The first-order chi connectivity index (χ1) is 13.3. The van der Waals surface area contributed by atoms with Crippen molar-refractivity contribution in [1.29, 1.82) is 0 Å². The van der Waals surface area contributed by atoms with Crippen LogP contribution in [0.15, 0.2) is 65.0 Å². The van der Waals surface area contributed by atoms with E-state index in [4.69, 9.17) is 0 Å². The van der Waals surface area contributed by atoms with Crippen LogP contribution >= 0.6 is 11.3 Å². The third-order valence-corrected chi connectivity index (χ3v) is 5.25. The minimum atomic E-state index is -4.45. The molecular weight excluding hydrogens is 392 g/mol. The molecule has 0 radical (unpaired) electrons. The Morgan fingerprint density at radius 3 is 2.61 bits per heavy atom. The Morgan fingerprint density at radius 2 is 1.86 bits per heavy atom. The molecule has 0 spiro atoms. The Hall–Kier alpha value is -3.00. The lowest BCUT2D eigenvalue weighted by molar-refractivity contribution is -0.137. The first-order valence-corrected chi connectivity index (χ1v) is 9.09. The standard InChI is InChI=1S/C20H12F4N2OS/c21-15-6-2-4-13(8-15)16-10-28-18-17(16)25-11-26(19(18)27)9-12-3-1-5-14(7-12)20(22,23)24/h1-8,10-11H,9H2. The van der Waals surface area contributed by atoms with Crippen LogP contribution in [0.25, 0.3) is 21.3 Å². The van der Waals surface area contributed by atoms with Gasteiger partial charge in [-0.2, -0.15) is 13.2 Å². The molecule has 0 saturated carbocycles. The van der Waals surface area contributed by atoms with Crippen LogP contribution in [-0.4, -0.2) is 9.55 Å². The topological polar surface area (TPSA) is 34.9 Å². The van der Waals surface area contributed by atoms with Gasteiger partial charge in [0, 0.05) is 10.9 Å². The molecule has 0 amide bonds. The summed E-state index contributed by atoms with van der Waals surface area (Å²) in [5, 5.41) is 1.72. The number of benzene rings is 2. The van der Waals surface area contributed by atoms with E-state index in [0.717, 1.165) is 12.1 Å². The molecule has 2 aromatic carbocycles. The molecule has 3 nitrogen and oxygen atoms in total. The van der Waals surface area contributed by atoms with Crippen molar-refractivity contribution < 1.29 is 17.6 Å². The molecule has 0 saturated heterocycles. The van der Waals surface area contributed by atoms with Gasteiger partial charge in [0.05, 0.1) is 24.0 Å². The molecule has 0 aliphatic rings. The smallest absolute Gasteiger partial charge is 0.294 e. The van der Waals surface area contributed by atoms with Crippen molar-refractivity contribution in [2.75, 3.05) is 0 Å². The average molecular weight is 404 g/mol. The molecule has 4 rings (SSSR count). The van der Waals surface area contributed by atoms with Gasteiger partial charge in [-0.1, -0.05) is 24.3 Å². The van der Waals surface area contributed by atoms with Gasteiger partial charge < -0.3 is 0 Å². The van der Waals surface area contributed by atoms with Gasteiger partial charge in [0.1, 0.15) is 10.5 Å². The average Bonchev–Trinajstić information content (AvgIpc) is 3.08. The van der Waals surface area contributed by atoms with Crippen LogP contribution in [0.4, 0.5) is 17.6 Å². The highest BCUT2D eigenvalue weighted by Crippen LogP contribution is 2.31. The normalized spacial score (nSPS) is 11.9. The highest BCUT2D eigenvalue weighted by Gasteiger charge is 2.30. The van der Waals surface area contributed by atoms with Crippen LogP contribution < -0.4 is 5.56 Å². The Balaban J connectivity index is 1.73. The molecule has 8 heteroatoms. The largest absolute Gasteiger partial charge is 0.416 e. The fraction of sp³-hybridized carbons (Fsp3) is 0.100. The second-order valence-electron chi connectivity index (χ2n) is 6.21. The van der Waals surface area contributed by atoms with Crippen LogP contribution in [0.3, 0.4) is 0 Å². The zero-order chi connectivity index (χ0) is 19.9. The lowest BCUT2D eigenvalue weighted by atomic mass is 10.1. The van der Waals surface area contributed by atoms with E-state index < -0.39 is 17.6 Å². The summed E-state index contributed by atoms with van der Waals surface area (Å²) in [6.45, 7) is -0.0289. The van der Waals surface area contributed by atoms with E-state index in [2.05, 4.69) is 4.98 Å². The van der Waals surface area contributed by atoms with Gasteiger partial charge in [0.2, 0.25) is 0 Å². The van der Waals surface area contributed by atoms with Crippen molar-refractivity contribution >= 4 is 21.6 Å². The SMILES string of the molecule is O=c1c2scc(-c3cccc(F)c3)c2ncn1Cc1cccc(C(F)(F)F)c1. The molecule has 2 heterocycles. The Morgan fingerprint density at radius 1 is 1.07 bits per heavy atom. The van der Waals surface area contributed by atoms with E-state index in [9.17, 15) is 22.4 Å². The molecule has 28 heavy (non-hydrogen) atoms. The van der Waals surface area contributed by atoms with Crippen LogP contribution in [0.1, 0.15) is 11.1 Å². The maximum atomic E-state index is 13.5. The molecule has 0 unspecified atom stereocenters. The number of aromatic nitrogens is 2. The number of fused-ring (bicyclic) bond motifs is 1. The third kappa shape index (κ3) is 3.43. The Kier molecular flexibility index (Phi) is 4.50. The number of thiophene rings is 1. The Bertz CT molecular complexity index is 1230. The van der Waals surface area contributed by atoms with Gasteiger partial charge in [-0.05, 0) is 35.4 Å². The monoisotopic (exact) mass is 404 g/mol. The van der Waals surface area contributed by atoms with Crippen molar-refractivity contribution in [1.82, 2.24) is 9.55 Å². The number of hydrogen-bond acceptors (Lipinski definition) is 3. The first kappa shape index (κ1) is 18.4. The van der Waals surface area contributed by atoms with E-state index in [1.807, 2.05) is 0 Å². The zero-order valence-corrected chi connectivity index (χ0v) is 15.0. The third-order valence-electron chi connectivity index (χ3n) is 4.29. The number of hydrogen-bond donors (Lipinski definition) is 0. The van der Waals surface area contributed by atoms with E-state index in [-0.39, 0.29) is 12.1 Å². The molecule has 0 atom stereocenters. The lowest BCUT2D eigenvalue weighted by Crippen LogP contribution is -2.20. The van der Waals surface area contributed by atoms with Crippen molar-refractivity contribution in [2.24, 2.45) is 0 Å². The zero-order valence-electron chi connectivity index (χ0n) is 14.2. The van der Waals surface area contributed by atoms with E-state index in [1.54, 1.807) is 17.5 Å². The fourth-order valence-electron chi connectivity index (χ4n) is 2.96. The minimum absolute atomic E-state index is 0.0289. The highest BCUT2D eigenvalue weighted by molar-refractivity contribution is 7.17. The number of halogens is 4. The van der Waals surface area contributed by atoms with Gasteiger partial charge in [-0.3, -0.25) is 9.36 Å². The summed E-state index contributed by atoms with van der Waals surface area (Å²) in [5.74, 6) is -0.394.